The minimum Gasteiger partial charge on any atom is -0.353 e. The molecule has 140 valence electrons. The first-order valence-corrected chi connectivity index (χ1v) is 11.1. The third-order valence-corrected chi connectivity index (χ3v) is 6.92. The Labute approximate surface area is 158 Å². The fourth-order valence-electron chi connectivity index (χ4n) is 3.16. The fourth-order valence-corrected chi connectivity index (χ4v) is 5.15. The molecule has 0 saturated heterocycles. The van der Waals surface area contributed by atoms with Gasteiger partial charge in [-0.2, -0.15) is 0 Å². The van der Waals surface area contributed by atoms with E-state index in [4.69, 9.17) is 0 Å². The lowest BCUT2D eigenvalue weighted by molar-refractivity contribution is -0.121. The molecule has 1 heterocycles. The van der Waals surface area contributed by atoms with Gasteiger partial charge in [-0.25, -0.2) is 13.4 Å². The number of nitrogens with zero attached hydrogens (tertiary/aromatic N) is 1. The van der Waals surface area contributed by atoms with Crippen LogP contribution < -0.4 is 10.0 Å². The zero-order valence-electron chi connectivity index (χ0n) is 14.6. The van der Waals surface area contributed by atoms with E-state index in [-0.39, 0.29) is 28.4 Å². The summed E-state index contributed by atoms with van der Waals surface area (Å²) in [5, 5.41) is 5.07. The van der Waals surface area contributed by atoms with Crippen LogP contribution in [0.15, 0.2) is 40.6 Å². The highest BCUT2D eigenvalue weighted by Gasteiger charge is 2.23. The Hall–Kier alpha value is -1.93. The van der Waals surface area contributed by atoms with Crippen LogP contribution in [0.3, 0.4) is 0 Å². The number of carbonyl (C=O) groups is 1. The minimum atomic E-state index is -3.66. The van der Waals surface area contributed by atoms with Gasteiger partial charge in [-0.1, -0.05) is 38.0 Å². The smallest absolute Gasteiger partial charge is 0.263 e. The van der Waals surface area contributed by atoms with Crippen molar-refractivity contribution in [2.24, 2.45) is 5.92 Å². The molecule has 0 radical (unpaired) electrons. The summed E-state index contributed by atoms with van der Waals surface area (Å²) in [6, 6.07) is 8.36. The molecule has 0 bridgehead atoms. The predicted octanol–water partition coefficient (Wildman–Crippen LogP) is 3.18. The highest BCUT2D eigenvalue weighted by Crippen LogP contribution is 2.24. The van der Waals surface area contributed by atoms with Crippen molar-refractivity contribution in [3.8, 4) is 0 Å². The van der Waals surface area contributed by atoms with E-state index in [9.17, 15) is 13.2 Å². The standard InChI is InChI=1S/C18H23N3O3S2/c1-13-7-5-6-10-16(13)20-17(22)11-14-12-25-18(19-14)21-26(23,24)15-8-3-2-4-9-15/h2-4,8-9,12-13,16H,5-7,10-11H2,1H3,(H,19,21)(H,20,22). The Bertz CT molecular complexity index is 850. The normalized spacial score (nSPS) is 20.5. The van der Waals surface area contributed by atoms with Gasteiger partial charge in [0.05, 0.1) is 17.0 Å². The number of hydrogen-bond acceptors (Lipinski definition) is 5. The molecule has 1 fully saturated rings. The van der Waals surface area contributed by atoms with Gasteiger partial charge in [0.1, 0.15) is 0 Å². The van der Waals surface area contributed by atoms with E-state index < -0.39 is 10.0 Å². The van der Waals surface area contributed by atoms with Gasteiger partial charge in [-0.05, 0) is 30.9 Å². The summed E-state index contributed by atoms with van der Waals surface area (Å²) >= 11 is 1.18. The average molecular weight is 394 g/mol. The summed E-state index contributed by atoms with van der Waals surface area (Å²) in [7, 11) is -3.66. The number of benzene rings is 1. The number of anilines is 1. The SMILES string of the molecule is CC1CCCCC1NC(=O)Cc1csc(NS(=O)(=O)c2ccccc2)n1. The van der Waals surface area contributed by atoms with Gasteiger partial charge in [-0.3, -0.25) is 9.52 Å². The van der Waals surface area contributed by atoms with E-state index in [0.717, 1.165) is 19.3 Å². The van der Waals surface area contributed by atoms with Crippen LogP contribution in [0.25, 0.3) is 0 Å². The topological polar surface area (TPSA) is 88.2 Å². The number of amides is 1. The van der Waals surface area contributed by atoms with Crippen LogP contribution in [0.1, 0.15) is 38.3 Å². The molecule has 26 heavy (non-hydrogen) atoms. The summed E-state index contributed by atoms with van der Waals surface area (Å²) in [5.74, 6) is 0.433. The molecule has 2 atom stereocenters. The van der Waals surface area contributed by atoms with Crippen LogP contribution in [-0.4, -0.2) is 25.4 Å². The van der Waals surface area contributed by atoms with E-state index >= 15 is 0 Å². The molecular formula is C18H23N3O3S2. The second-order valence-electron chi connectivity index (χ2n) is 6.68. The lowest BCUT2D eigenvalue weighted by Gasteiger charge is -2.29. The Morgan fingerprint density at radius 1 is 1.23 bits per heavy atom. The van der Waals surface area contributed by atoms with Crippen LogP contribution in [0.2, 0.25) is 0 Å². The van der Waals surface area contributed by atoms with E-state index in [1.54, 1.807) is 23.6 Å². The van der Waals surface area contributed by atoms with Gasteiger partial charge in [0, 0.05) is 11.4 Å². The first kappa shape index (κ1) is 18.8. The summed E-state index contributed by atoms with van der Waals surface area (Å²) in [6.45, 7) is 2.17. The molecule has 0 spiro atoms. The first-order valence-electron chi connectivity index (χ1n) is 8.76. The fraction of sp³-hybridized carbons (Fsp3) is 0.444. The van der Waals surface area contributed by atoms with Crippen LogP contribution in [0.5, 0.6) is 0 Å². The predicted molar refractivity (Wildman–Crippen MR) is 103 cm³/mol. The lowest BCUT2D eigenvalue weighted by atomic mass is 9.86. The summed E-state index contributed by atoms with van der Waals surface area (Å²) in [5.41, 5.74) is 0.571. The van der Waals surface area contributed by atoms with Crippen molar-refractivity contribution in [3.63, 3.8) is 0 Å². The van der Waals surface area contributed by atoms with Gasteiger partial charge in [-0.15, -0.1) is 11.3 Å². The maximum Gasteiger partial charge on any atom is 0.263 e. The Morgan fingerprint density at radius 3 is 2.69 bits per heavy atom. The highest BCUT2D eigenvalue weighted by molar-refractivity contribution is 7.93. The molecule has 1 aromatic heterocycles. The molecule has 2 aromatic rings. The molecule has 2 N–H and O–H groups in total. The van der Waals surface area contributed by atoms with Gasteiger partial charge in [0.25, 0.3) is 10.0 Å². The van der Waals surface area contributed by atoms with Crippen molar-refractivity contribution >= 4 is 32.4 Å². The molecule has 1 saturated carbocycles. The van der Waals surface area contributed by atoms with E-state index in [1.807, 2.05) is 0 Å². The molecule has 1 aliphatic carbocycles. The molecule has 1 aromatic carbocycles. The number of sulfonamides is 1. The van der Waals surface area contributed by atoms with E-state index in [2.05, 4.69) is 21.9 Å². The van der Waals surface area contributed by atoms with Crippen molar-refractivity contribution in [3.05, 3.63) is 41.4 Å². The van der Waals surface area contributed by atoms with Crippen molar-refractivity contribution in [1.29, 1.82) is 0 Å². The molecule has 1 aliphatic rings. The second-order valence-corrected chi connectivity index (χ2v) is 9.22. The number of carbonyl (C=O) groups excluding carboxylic acids is 1. The first-order chi connectivity index (χ1) is 12.4. The van der Waals surface area contributed by atoms with Crippen molar-refractivity contribution in [2.45, 2.75) is 50.0 Å². The lowest BCUT2D eigenvalue weighted by Crippen LogP contribution is -2.41. The van der Waals surface area contributed by atoms with Gasteiger partial charge in [0.15, 0.2) is 5.13 Å². The van der Waals surface area contributed by atoms with E-state index in [0.29, 0.717) is 11.6 Å². The molecule has 8 heteroatoms. The third kappa shape index (κ3) is 4.82. The van der Waals surface area contributed by atoms with Gasteiger partial charge >= 0.3 is 0 Å². The molecule has 3 rings (SSSR count). The summed E-state index contributed by atoms with van der Waals surface area (Å²) in [6.07, 6.45) is 4.70. The maximum atomic E-state index is 12.3. The largest absolute Gasteiger partial charge is 0.353 e. The molecular weight excluding hydrogens is 370 g/mol. The monoisotopic (exact) mass is 393 g/mol. The molecule has 6 nitrogen and oxygen atoms in total. The van der Waals surface area contributed by atoms with Crippen LogP contribution in [0, 0.1) is 5.92 Å². The number of thiazole rings is 1. The average Bonchev–Trinajstić information content (AvgIpc) is 3.04. The second kappa shape index (κ2) is 8.18. The number of nitrogens with one attached hydrogen (secondary N) is 2. The quantitative estimate of drug-likeness (QED) is 0.789. The van der Waals surface area contributed by atoms with Gasteiger partial charge in [0.2, 0.25) is 5.91 Å². The summed E-state index contributed by atoms with van der Waals surface area (Å²) in [4.78, 5) is 16.7. The maximum absolute atomic E-state index is 12.3. The Balaban J connectivity index is 1.58. The highest BCUT2D eigenvalue weighted by atomic mass is 32.2. The third-order valence-electron chi connectivity index (χ3n) is 4.63. The van der Waals surface area contributed by atoms with Crippen LogP contribution in [-0.2, 0) is 21.2 Å². The number of rotatable bonds is 6. The van der Waals surface area contributed by atoms with E-state index in [1.165, 1.54) is 29.9 Å². The Morgan fingerprint density at radius 2 is 1.96 bits per heavy atom. The van der Waals surface area contributed by atoms with Gasteiger partial charge < -0.3 is 5.32 Å². The molecule has 0 aliphatic heterocycles. The van der Waals surface area contributed by atoms with Crippen molar-refractivity contribution < 1.29 is 13.2 Å². The molecule has 2 unspecified atom stereocenters. The Kier molecular flexibility index (Phi) is 5.93. The number of hydrogen-bond donors (Lipinski definition) is 2. The van der Waals surface area contributed by atoms with Crippen molar-refractivity contribution in [2.75, 3.05) is 4.72 Å². The van der Waals surface area contributed by atoms with Crippen LogP contribution in [0.4, 0.5) is 5.13 Å². The zero-order chi connectivity index (χ0) is 18.6. The number of aromatic nitrogens is 1. The zero-order valence-corrected chi connectivity index (χ0v) is 16.3. The van der Waals surface area contributed by atoms with Crippen molar-refractivity contribution in [1.82, 2.24) is 10.3 Å². The van der Waals surface area contributed by atoms with Crippen LogP contribution >= 0.6 is 11.3 Å². The minimum absolute atomic E-state index is 0.0634. The molecule has 1 amide bonds. The summed E-state index contributed by atoms with van der Waals surface area (Å²) < 4.78 is 27.1.